The second kappa shape index (κ2) is 5.81. The van der Waals surface area contributed by atoms with Gasteiger partial charge in [0.05, 0.1) is 5.69 Å². The predicted molar refractivity (Wildman–Crippen MR) is 94.9 cm³/mol. The Hall–Kier alpha value is -1.33. The Morgan fingerprint density at radius 1 is 1.48 bits per heavy atom. The molecule has 0 fully saturated rings. The largest absolute Gasteiger partial charge is 0.397 e. The minimum atomic E-state index is -0.283. The number of halogens is 1. The standard InChI is InChI=1S/C16H19BrN2OS/c1-5-8-19(16(2,3)4)15(20)14-13(18)11-7-6-10(17)9-12(11)21-14/h5-7,9H,1,8,18H2,2-4H3. The zero-order valence-electron chi connectivity index (χ0n) is 12.4. The number of carbonyl (C=O) groups is 1. The number of amides is 1. The first kappa shape index (κ1) is 16.0. The number of hydrogen-bond acceptors (Lipinski definition) is 3. The molecule has 2 rings (SSSR count). The molecule has 3 nitrogen and oxygen atoms in total. The minimum absolute atomic E-state index is 0.0442. The van der Waals surface area contributed by atoms with Crippen molar-refractivity contribution in [1.29, 1.82) is 0 Å². The Labute approximate surface area is 137 Å². The monoisotopic (exact) mass is 366 g/mol. The van der Waals surface area contributed by atoms with Gasteiger partial charge in [0.15, 0.2) is 0 Å². The minimum Gasteiger partial charge on any atom is -0.397 e. The quantitative estimate of drug-likeness (QED) is 0.802. The van der Waals surface area contributed by atoms with Crippen LogP contribution in [0.4, 0.5) is 5.69 Å². The lowest BCUT2D eigenvalue weighted by atomic mass is 10.1. The molecule has 5 heteroatoms. The summed E-state index contributed by atoms with van der Waals surface area (Å²) in [5, 5.41) is 0.930. The molecular formula is C16H19BrN2OS. The maximum Gasteiger partial charge on any atom is 0.266 e. The molecular weight excluding hydrogens is 348 g/mol. The van der Waals surface area contributed by atoms with Gasteiger partial charge in [-0.1, -0.05) is 28.1 Å². The summed E-state index contributed by atoms with van der Waals surface area (Å²) in [5.74, 6) is -0.0442. The third-order valence-corrected chi connectivity index (χ3v) is 4.90. The van der Waals surface area contributed by atoms with Gasteiger partial charge in [-0.25, -0.2) is 0 Å². The van der Waals surface area contributed by atoms with Gasteiger partial charge in [-0.2, -0.15) is 0 Å². The van der Waals surface area contributed by atoms with Gasteiger partial charge >= 0.3 is 0 Å². The molecule has 2 aromatic rings. The molecule has 1 amide bonds. The first-order valence-corrected chi connectivity index (χ1v) is 8.27. The van der Waals surface area contributed by atoms with E-state index in [0.29, 0.717) is 17.1 Å². The summed E-state index contributed by atoms with van der Waals surface area (Å²) in [6.07, 6.45) is 1.74. The molecule has 1 aromatic heterocycles. The van der Waals surface area contributed by atoms with E-state index >= 15 is 0 Å². The number of nitrogen functional groups attached to an aromatic ring is 1. The summed E-state index contributed by atoms with van der Waals surface area (Å²) >= 11 is 4.88. The summed E-state index contributed by atoms with van der Waals surface area (Å²) in [7, 11) is 0. The molecule has 112 valence electrons. The van der Waals surface area contributed by atoms with Crippen LogP contribution >= 0.6 is 27.3 Å². The lowest BCUT2D eigenvalue weighted by Gasteiger charge is -2.34. The van der Waals surface area contributed by atoms with Gasteiger partial charge in [0.25, 0.3) is 5.91 Å². The number of rotatable bonds is 3. The van der Waals surface area contributed by atoms with Gasteiger partial charge in [-0.05, 0) is 32.9 Å². The molecule has 1 aromatic carbocycles. The molecule has 0 spiro atoms. The highest BCUT2D eigenvalue weighted by Crippen LogP contribution is 2.36. The van der Waals surface area contributed by atoms with Crippen LogP contribution in [0.3, 0.4) is 0 Å². The van der Waals surface area contributed by atoms with Crippen molar-refractivity contribution in [1.82, 2.24) is 4.90 Å². The molecule has 1 heterocycles. The number of thiophene rings is 1. The van der Waals surface area contributed by atoms with E-state index in [1.165, 1.54) is 11.3 Å². The van der Waals surface area contributed by atoms with E-state index in [1.54, 1.807) is 11.0 Å². The van der Waals surface area contributed by atoms with Crippen LogP contribution in [0.2, 0.25) is 0 Å². The van der Waals surface area contributed by atoms with Crippen LogP contribution in [-0.2, 0) is 0 Å². The van der Waals surface area contributed by atoms with Crippen LogP contribution in [0.15, 0.2) is 35.3 Å². The smallest absolute Gasteiger partial charge is 0.266 e. The lowest BCUT2D eigenvalue weighted by Crippen LogP contribution is -2.45. The normalized spacial score (nSPS) is 11.6. The molecule has 0 aliphatic carbocycles. The highest BCUT2D eigenvalue weighted by Gasteiger charge is 2.29. The van der Waals surface area contributed by atoms with Crippen molar-refractivity contribution in [3.63, 3.8) is 0 Å². The van der Waals surface area contributed by atoms with E-state index in [0.717, 1.165) is 14.6 Å². The van der Waals surface area contributed by atoms with Crippen molar-refractivity contribution in [2.45, 2.75) is 26.3 Å². The second-order valence-electron chi connectivity index (χ2n) is 5.86. The summed E-state index contributed by atoms with van der Waals surface area (Å²) in [4.78, 5) is 15.2. The topological polar surface area (TPSA) is 46.3 Å². The first-order valence-electron chi connectivity index (χ1n) is 6.66. The van der Waals surface area contributed by atoms with E-state index in [4.69, 9.17) is 5.73 Å². The Bertz CT molecular complexity index is 700. The first-order chi connectivity index (χ1) is 9.75. The van der Waals surface area contributed by atoms with Crippen molar-refractivity contribution in [3.8, 4) is 0 Å². The molecule has 2 N–H and O–H groups in total. The Kier molecular flexibility index (Phi) is 4.44. The molecule has 0 atom stereocenters. The van der Waals surface area contributed by atoms with Crippen LogP contribution in [0.1, 0.15) is 30.4 Å². The molecule has 0 saturated carbocycles. The average Bonchev–Trinajstić information content (AvgIpc) is 2.70. The fourth-order valence-corrected chi connectivity index (χ4v) is 3.79. The number of nitrogens with two attached hydrogens (primary N) is 1. The predicted octanol–water partition coefficient (Wildman–Crippen LogP) is 4.67. The number of benzene rings is 1. The third-order valence-electron chi connectivity index (χ3n) is 3.25. The number of anilines is 1. The van der Waals surface area contributed by atoms with Gasteiger partial charge in [0.2, 0.25) is 0 Å². The van der Waals surface area contributed by atoms with Crippen molar-refractivity contribution in [2.24, 2.45) is 0 Å². The Morgan fingerprint density at radius 3 is 2.71 bits per heavy atom. The van der Waals surface area contributed by atoms with Crippen LogP contribution in [0.25, 0.3) is 10.1 Å². The van der Waals surface area contributed by atoms with Crippen molar-refractivity contribution >= 4 is 48.9 Å². The Morgan fingerprint density at radius 2 is 2.14 bits per heavy atom. The zero-order chi connectivity index (χ0) is 15.8. The summed E-state index contributed by atoms with van der Waals surface area (Å²) in [6, 6.07) is 5.87. The number of nitrogens with zero attached hydrogens (tertiary/aromatic N) is 1. The maximum absolute atomic E-state index is 12.9. The van der Waals surface area contributed by atoms with E-state index < -0.39 is 0 Å². The average molecular weight is 367 g/mol. The highest BCUT2D eigenvalue weighted by atomic mass is 79.9. The number of carbonyl (C=O) groups excluding carboxylic acids is 1. The fourth-order valence-electron chi connectivity index (χ4n) is 2.16. The molecule has 0 saturated heterocycles. The van der Waals surface area contributed by atoms with Crippen molar-refractivity contribution in [2.75, 3.05) is 12.3 Å². The lowest BCUT2D eigenvalue weighted by molar-refractivity contribution is 0.0623. The van der Waals surface area contributed by atoms with Crippen molar-refractivity contribution in [3.05, 3.63) is 40.2 Å². The zero-order valence-corrected chi connectivity index (χ0v) is 14.8. The van der Waals surface area contributed by atoms with Crippen LogP contribution in [0.5, 0.6) is 0 Å². The van der Waals surface area contributed by atoms with Crippen LogP contribution in [0, 0.1) is 0 Å². The van der Waals surface area contributed by atoms with E-state index in [9.17, 15) is 4.79 Å². The maximum atomic E-state index is 12.9. The van der Waals surface area contributed by atoms with Crippen LogP contribution in [-0.4, -0.2) is 22.9 Å². The fraction of sp³-hybridized carbons (Fsp3) is 0.312. The number of fused-ring (bicyclic) bond motifs is 1. The summed E-state index contributed by atoms with van der Waals surface area (Å²) < 4.78 is 1.99. The molecule has 0 aliphatic rings. The molecule has 21 heavy (non-hydrogen) atoms. The van der Waals surface area contributed by atoms with E-state index in [-0.39, 0.29) is 11.4 Å². The molecule has 0 bridgehead atoms. The van der Waals surface area contributed by atoms with Gasteiger partial charge in [-0.3, -0.25) is 4.79 Å². The van der Waals surface area contributed by atoms with Crippen LogP contribution < -0.4 is 5.73 Å². The summed E-state index contributed by atoms with van der Waals surface area (Å²) in [6.45, 7) is 10.3. The van der Waals surface area contributed by atoms with Gasteiger partial charge in [0.1, 0.15) is 4.88 Å². The second-order valence-corrected chi connectivity index (χ2v) is 7.83. The van der Waals surface area contributed by atoms with E-state index in [2.05, 4.69) is 22.5 Å². The molecule has 0 radical (unpaired) electrons. The molecule has 0 aliphatic heterocycles. The summed E-state index contributed by atoms with van der Waals surface area (Å²) in [5.41, 5.74) is 6.47. The Balaban J connectivity index is 2.52. The van der Waals surface area contributed by atoms with Gasteiger partial charge < -0.3 is 10.6 Å². The van der Waals surface area contributed by atoms with Gasteiger partial charge in [0, 0.05) is 26.6 Å². The van der Waals surface area contributed by atoms with E-state index in [1.807, 2.05) is 39.0 Å². The van der Waals surface area contributed by atoms with Gasteiger partial charge in [-0.15, -0.1) is 17.9 Å². The SMILES string of the molecule is C=CCN(C(=O)c1sc2cc(Br)ccc2c1N)C(C)(C)C. The van der Waals surface area contributed by atoms with Crippen molar-refractivity contribution < 1.29 is 4.79 Å². The molecule has 0 unspecified atom stereocenters. The number of hydrogen-bond donors (Lipinski definition) is 1. The third kappa shape index (κ3) is 3.14. The highest BCUT2D eigenvalue weighted by molar-refractivity contribution is 9.10.